The van der Waals surface area contributed by atoms with E-state index < -0.39 is 0 Å². The number of halogens is 2. The summed E-state index contributed by atoms with van der Waals surface area (Å²) in [4.78, 5) is 16.6. The second-order valence-corrected chi connectivity index (χ2v) is 6.26. The fourth-order valence-corrected chi connectivity index (χ4v) is 2.52. The van der Waals surface area contributed by atoms with Gasteiger partial charge in [0.2, 0.25) is 5.91 Å². The number of amides is 1. The Morgan fingerprint density at radius 1 is 1.29 bits per heavy atom. The van der Waals surface area contributed by atoms with Gasteiger partial charge in [-0.25, -0.2) is 0 Å². The summed E-state index contributed by atoms with van der Waals surface area (Å²) in [5.41, 5.74) is 2.00. The largest absolute Gasteiger partial charge is 1.00 e. The molecule has 0 spiro atoms. The number of hydrogen-bond acceptors (Lipinski definition) is 3. The minimum atomic E-state index is 0. The van der Waals surface area contributed by atoms with Crippen molar-refractivity contribution in [2.75, 3.05) is 45.1 Å². The number of carbonyl (C=O) groups is 1. The molecule has 118 valence electrons. The summed E-state index contributed by atoms with van der Waals surface area (Å²) in [5.74, 6) is 0.0886. The van der Waals surface area contributed by atoms with Gasteiger partial charge < -0.3 is 27.5 Å². The Kier molecular flexibility index (Phi) is 7.66. The molecule has 1 fully saturated rings. The monoisotopic (exact) mass is 374 g/mol. The summed E-state index contributed by atoms with van der Waals surface area (Å²) < 4.78 is 1.06. The second kappa shape index (κ2) is 8.73. The normalized spacial score (nSPS) is 16.3. The van der Waals surface area contributed by atoms with Gasteiger partial charge in [0.25, 0.3) is 0 Å². The molecule has 1 amide bonds. The summed E-state index contributed by atoms with van der Waals surface area (Å²) in [6.07, 6.45) is 0.554. The molecular formula is C15H22BrClN3O-. The van der Waals surface area contributed by atoms with E-state index in [1.54, 1.807) is 0 Å². The Morgan fingerprint density at radius 2 is 1.95 bits per heavy atom. The molecule has 21 heavy (non-hydrogen) atoms. The lowest BCUT2D eigenvalue weighted by Crippen LogP contribution is -3.00. The Bertz CT molecular complexity index is 476. The molecule has 0 atom stereocenters. The Balaban J connectivity index is 0.00000220. The van der Waals surface area contributed by atoms with Crippen molar-refractivity contribution in [1.29, 1.82) is 0 Å². The van der Waals surface area contributed by atoms with Crippen molar-refractivity contribution in [2.24, 2.45) is 0 Å². The number of rotatable bonds is 4. The van der Waals surface area contributed by atoms with Crippen molar-refractivity contribution in [3.05, 3.63) is 28.2 Å². The van der Waals surface area contributed by atoms with Gasteiger partial charge in [-0.15, -0.1) is 0 Å². The van der Waals surface area contributed by atoms with Crippen molar-refractivity contribution in [1.82, 2.24) is 9.80 Å². The number of hydrogen-bond donors (Lipinski definition) is 1. The van der Waals surface area contributed by atoms with Crippen LogP contribution in [0.5, 0.6) is 0 Å². The van der Waals surface area contributed by atoms with Crippen LogP contribution in [0.2, 0.25) is 0 Å². The van der Waals surface area contributed by atoms with E-state index in [4.69, 9.17) is 0 Å². The van der Waals surface area contributed by atoms with Gasteiger partial charge in [0.05, 0.1) is 0 Å². The zero-order valence-electron chi connectivity index (χ0n) is 12.5. The predicted octanol–water partition coefficient (Wildman–Crippen LogP) is -0.662. The molecule has 0 aliphatic carbocycles. The zero-order chi connectivity index (χ0) is 14.5. The highest BCUT2D eigenvalue weighted by Crippen LogP contribution is 2.20. The lowest BCUT2D eigenvalue weighted by Gasteiger charge is -2.32. The zero-order valence-corrected chi connectivity index (χ0v) is 14.9. The van der Waals surface area contributed by atoms with Crippen molar-refractivity contribution in [3.63, 3.8) is 0 Å². The second-order valence-electron chi connectivity index (χ2n) is 5.41. The smallest absolute Gasteiger partial charge is 0.225 e. The molecule has 1 aliphatic rings. The van der Waals surface area contributed by atoms with Crippen LogP contribution in [0.1, 0.15) is 12.0 Å². The minimum absolute atomic E-state index is 0. The van der Waals surface area contributed by atoms with Crippen LogP contribution >= 0.6 is 15.9 Å². The highest BCUT2D eigenvalue weighted by molar-refractivity contribution is 9.10. The van der Waals surface area contributed by atoms with Gasteiger partial charge in [-0.3, -0.25) is 4.79 Å². The molecule has 1 aliphatic heterocycles. The number of piperazine rings is 1. The van der Waals surface area contributed by atoms with Gasteiger partial charge >= 0.3 is 0 Å². The molecular weight excluding hydrogens is 354 g/mol. The van der Waals surface area contributed by atoms with E-state index in [1.807, 2.05) is 25.1 Å². The molecule has 0 aromatic heterocycles. The number of benzene rings is 1. The van der Waals surface area contributed by atoms with E-state index in [-0.39, 0.29) is 18.3 Å². The number of likely N-dealkylation sites (N-methyl/N-ethyl adjacent to an activating group) is 1. The summed E-state index contributed by atoms with van der Waals surface area (Å²) in [6.45, 7) is 7.16. The molecule has 1 aromatic rings. The van der Waals surface area contributed by atoms with E-state index in [2.05, 4.69) is 38.1 Å². The van der Waals surface area contributed by atoms with Gasteiger partial charge in [-0.05, 0) is 37.7 Å². The fourth-order valence-electron chi connectivity index (χ4n) is 2.28. The van der Waals surface area contributed by atoms with Crippen molar-refractivity contribution in [2.45, 2.75) is 13.3 Å². The van der Waals surface area contributed by atoms with Gasteiger partial charge in [-0.1, -0.05) is 15.9 Å². The molecule has 6 heteroatoms. The highest BCUT2D eigenvalue weighted by Gasteiger charge is 2.14. The van der Waals surface area contributed by atoms with Crippen LogP contribution in [0, 0.1) is 6.92 Å². The first-order chi connectivity index (χ1) is 9.54. The predicted molar refractivity (Wildman–Crippen MR) is 86.1 cm³/mol. The molecule has 0 unspecified atom stereocenters. The highest BCUT2D eigenvalue weighted by atomic mass is 79.9. The maximum atomic E-state index is 12.0. The molecule has 1 aromatic carbocycles. The average molecular weight is 376 g/mol. The number of carbonyl (C=O) groups excluding carboxylic acids is 1. The van der Waals surface area contributed by atoms with Crippen LogP contribution in [-0.2, 0) is 4.79 Å². The van der Waals surface area contributed by atoms with E-state index in [9.17, 15) is 4.79 Å². The first-order valence-corrected chi connectivity index (χ1v) is 7.81. The first-order valence-electron chi connectivity index (χ1n) is 7.01. The van der Waals surface area contributed by atoms with Crippen LogP contribution in [-0.4, -0.2) is 55.5 Å². The summed E-state index contributed by atoms with van der Waals surface area (Å²) in [7, 11) is 2.14. The Hall–Kier alpha value is -0.620. The molecule has 0 bridgehead atoms. The summed E-state index contributed by atoms with van der Waals surface area (Å²) in [6, 6.07) is 5.87. The molecule has 2 rings (SSSR count). The minimum Gasteiger partial charge on any atom is -1.00 e. The molecule has 1 saturated heterocycles. The lowest BCUT2D eigenvalue weighted by molar-refractivity contribution is -0.116. The maximum Gasteiger partial charge on any atom is 0.225 e. The fraction of sp³-hybridized carbons (Fsp3) is 0.533. The average Bonchev–Trinajstić information content (AvgIpc) is 2.42. The Morgan fingerprint density at radius 3 is 2.57 bits per heavy atom. The number of nitrogens with zero attached hydrogens (tertiary/aromatic N) is 2. The van der Waals surface area contributed by atoms with Crippen LogP contribution in [0.4, 0.5) is 5.69 Å². The lowest BCUT2D eigenvalue weighted by atomic mass is 10.2. The third kappa shape index (κ3) is 5.94. The number of anilines is 1. The molecule has 0 radical (unpaired) electrons. The van der Waals surface area contributed by atoms with Gasteiger partial charge in [0.1, 0.15) is 0 Å². The van der Waals surface area contributed by atoms with Crippen molar-refractivity contribution < 1.29 is 17.2 Å². The first kappa shape index (κ1) is 18.4. The quantitative estimate of drug-likeness (QED) is 0.759. The van der Waals surface area contributed by atoms with Crippen LogP contribution in [0.3, 0.4) is 0 Å². The summed E-state index contributed by atoms with van der Waals surface area (Å²) in [5, 5.41) is 2.96. The third-order valence-corrected chi connectivity index (χ3v) is 4.58. The molecule has 1 heterocycles. The van der Waals surface area contributed by atoms with E-state index >= 15 is 0 Å². The number of nitrogens with one attached hydrogen (secondary N) is 1. The van der Waals surface area contributed by atoms with Gasteiger partial charge in [0.15, 0.2) is 0 Å². The van der Waals surface area contributed by atoms with Crippen LogP contribution in [0.25, 0.3) is 0 Å². The van der Waals surface area contributed by atoms with Crippen molar-refractivity contribution in [3.8, 4) is 0 Å². The maximum absolute atomic E-state index is 12.0. The van der Waals surface area contributed by atoms with Gasteiger partial charge in [0, 0.05) is 49.3 Å². The van der Waals surface area contributed by atoms with Crippen LogP contribution < -0.4 is 17.7 Å². The molecule has 1 N–H and O–H groups in total. The van der Waals surface area contributed by atoms with Crippen molar-refractivity contribution >= 4 is 27.5 Å². The van der Waals surface area contributed by atoms with Crippen LogP contribution in [0.15, 0.2) is 22.7 Å². The standard InChI is InChI=1S/C15H22BrN3O.ClH/c1-12-11-13(3-4-14(12)16)17-15(20)5-6-19-9-7-18(2)8-10-19;/h3-4,11H,5-10H2,1-2H3,(H,17,20);1H/p-1. The number of aryl methyl sites for hydroxylation is 1. The molecule has 4 nitrogen and oxygen atoms in total. The molecule has 0 saturated carbocycles. The Labute approximate surface area is 141 Å². The van der Waals surface area contributed by atoms with Gasteiger partial charge in [-0.2, -0.15) is 0 Å². The summed E-state index contributed by atoms with van der Waals surface area (Å²) >= 11 is 3.46. The van der Waals surface area contributed by atoms with E-state index in [1.165, 1.54) is 0 Å². The van der Waals surface area contributed by atoms with E-state index in [0.717, 1.165) is 48.4 Å². The third-order valence-electron chi connectivity index (χ3n) is 3.69. The topological polar surface area (TPSA) is 35.6 Å². The van der Waals surface area contributed by atoms with E-state index in [0.29, 0.717) is 6.42 Å². The SMILES string of the molecule is Cc1cc(NC(=O)CCN2CCN(C)CC2)ccc1Br.[Cl-].